The number of fused-ring (bicyclic) bond motifs is 1. The molecule has 0 saturated heterocycles. The van der Waals surface area contributed by atoms with Crippen molar-refractivity contribution in [1.29, 1.82) is 0 Å². The zero-order valence-electron chi connectivity index (χ0n) is 12.1. The van der Waals surface area contributed by atoms with E-state index in [0.717, 1.165) is 51.7 Å². The third-order valence-corrected chi connectivity index (χ3v) is 6.12. The molecule has 1 N–H and O–H groups in total. The highest BCUT2D eigenvalue weighted by molar-refractivity contribution is 7.10. The summed E-state index contributed by atoms with van der Waals surface area (Å²) in [4.78, 5) is 15.7. The van der Waals surface area contributed by atoms with Gasteiger partial charge in [-0.3, -0.25) is 9.69 Å². The number of aliphatic carboxylic acids is 1. The molecule has 0 spiro atoms. The van der Waals surface area contributed by atoms with Crippen LogP contribution in [-0.2, 0) is 17.8 Å². The molecule has 0 atom stereocenters. The molecule has 1 aliphatic carbocycles. The van der Waals surface area contributed by atoms with Crippen LogP contribution in [0.15, 0.2) is 11.4 Å². The molecule has 1 fully saturated rings. The summed E-state index contributed by atoms with van der Waals surface area (Å²) in [6.45, 7) is 4.91. The highest BCUT2D eigenvalue weighted by Crippen LogP contribution is 2.40. The second-order valence-corrected chi connectivity index (χ2v) is 7.60. The Balaban J connectivity index is 1.70. The molecule has 1 aliphatic heterocycles. The largest absolute Gasteiger partial charge is 0.481 e. The highest BCUT2D eigenvalue weighted by Gasteiger charge is 2.42. The van der Waals surface area contributed by atoms with Crippen LogP contribution >= 0.6 is 11.3 Å². The summed E-state index contributed by atoms with van der Waals surface area (Å²) < 4.78 is 0. The van der Waals surface area contributed by atoms with Crippen molar-refractivity contribution in [2.45, 2.75) is 45.6 Å². The van der Waals surface area contributed by atoms with E-state index in [-0.39, 0.29) is 0 Å². The van der Waals surface area contributed by atoms with Gasteiger partial charge in [-0.2, -0.15) is 0 Å². The molecule has 1 aromatic rings. The molecular weight excluding hydrogens is 270 g/mol. The predicted octanol–water partition coefficient (Wildman–Crippen LogP) is 3.39. The van der Waals surface area contributed by atoms with Crippen LogP contribution in [-0.4, -0.2) is 29.1 Å². The summed E-state index contributed by atoms with van der Waals surface area (Å²) in [6.07, 6.45) is 4.89. The molecule has 0 amide bonds. The third kappa shape index (κ3) is 2.63. The molecule has 2 aliphatic rings. The Labute approximate surface area is 124 Å². The number of hydrogen-bond donors (Lipinski definition) is 1. The van der Waals surface area contributed by atoms with Gasteiger partial charge in [-0.25, -0.2) is 0 Å². The minimum absolute atomic E-state index is 0.500. The summed E-state index contributed by atoms with van der Waals surface area (Å²) in [5, 5.41) is 11.9. The minimum Gasteiger partial charge on any atom is -0.481 e. The lowest BCUT2D eigenvalue weighted by Gasteiger charge is -2.40. The molecule has 4 heteroatoms. The zero-order valence-corrected chi connectivity index (χ0v) is 12.9. The maximum absolute atomic E-state index is 11.8. The number of carboxylic acids is 1. The van der Waals surface area contributed by atoms with Gasteiger partial charge >= 0.3 is 5.97 Å². The Bertz CT molecular complexity index is 488. The van der Waals surface area contributed by atoms with Crippen molar-refractivity contribution in [1.82, 2.24) is 4.90 Å². The maximum atomic E-state index is 11.8. The van der Waals surface area contributed by atoms with E-state index in [1.54, 1.807) is 0 Å². The molecule has 110 valence electrons. The van der Waals surface area contributed by atoms with E-state index in [1.807, 2.05) is 11.3 Å². The average molecular weight is 293 g/mol. The lowest BCUT2D eigenvalue weighted by Crippen LogP contribution is -2.46. The average Bonchev–Trinajstić information content (AvgIpc) is 2.89. The van der Waals surface area contributed by atoms with Gasteiger partial charge in [0.2, 0.25) is 0 Å². The second kappa shape index (κ2) is 5.49. The van der Waals surface area contributed by atoms with E-state index >= 15 is 0 Å². The van der Waals surface area contributed by atoms with Gasteiger partial charge in [-0.15, -0.1) is 11.3 Å². The van der Waals surface area contributed by atoms with Crippen LogP contribution in [0.3, 0.4) is 0 Å². The lowest BCUT2D eigenvalue weighted by atomic mass is 9.70. The van der Waals surface area contributed by atoms with Crippen LogP contribution in [0.2, 0.25) is 0 Å². The number of nitrogens with zero attached hydrogens (tertiary/aromatic N) is 1. The molecule has 3 rings (SSSR count). The fourth-order valence-corrected chi connectivity index (χ4v) is 4.51. The number of rotatable bonds is 3. The lowest BCUT2D eigenvalue weighted by molar-refractivity contribution is -0.153. The van der Waals surface area contributed by atoms with Gasteiger partial charge in [0.1, 0.15) is 0 Å². The smallest absolute Gasteiger partial charge is 0.310 e. The van der Waals surface area contributed by atoms with Crippen LogP contribution in [0, 0.1) is 11.3 Å². The number of carbonyl (C=O) groups is 1. The van der Waals surface area contributed by atoms with Crippen LogP contribution in [0.5, 0.6) is 0 Å². The molecule has 0 bridgehead atoms. The van der Waals surface area contributed by atoms with Gasteiger partial charge in [-0.05, 0) is 55.0 Å². The summed E-state index contributed by atoms with van der Waals surface area (Å²) in [5.74, 6) is 0.104. The van der Waals surface area contributed by atoms with Gasteiger partial charge in [0.25, 0.3) is 0 Å². The van der Waals surface area contributed by atoms with Crippen LogP contribution < -0.4 is 0 Å². The van der Waals surface area contributed by atoms with Crippen molar-refractivity contribution < 1.29 is 9.90 Å². The van der Waals surface area contributed by atoms with Gasteiger partial charge < -0.3 is 5.11 Å². The first-order valence-electron chi connectivity index (χ1n) is 7.60. The van der Waals surface area contributed by atoms with Crippen molar-refractivity contribution in [3.63, 3.8) is 0 Å². The third-order valence-electron chi connectivity index (χ3n) is 5.10. The van der Waals surface area contributed by atoms with E-state index in [9.17, 15) is 9.90 Å². The molecule has 20 heavy (non-hydrogen) atoms. The first-order chi connectivity index (χ1) is 9.59. The normalized spacial score (nSPS) is 30.9. The van der Waals surface area contributed by atoms with Crippen molar-refractivity contribution in [2.24, 2.45) is 11.3 Å². The molecule has 1 saturated carbocycles. The second-order valence-electron chi connectivity index (χ2n) is 6.60. The standard InChI is InChI=1S/C16H23NO2S/c1-12-2-6-16(7-3-12,15(18)19)11-17-8-4-14-13(10-17)5-9-20-14/h5,9,12H,2-4,6-8,10-11H2,1H3,(H,18,19). The molecule has 2 heterocycles. The molecule has 1 aromatic heterocycles. The number of carboxylic acid groups (broad SMARTS) is 1. The van der Waals surface area contributed by atoms with Crippen molar-refractivity contribution in [2.75, 3.05) is 13.1 Å². The zero-order chi connectivity index (χ0) is 14.2. The monoisotopic (exact) mass is 293 g/mol. The van der Waals surface area contributed by atoms with E-state index in [2.05, 4.69) is 23.3 Å². The van der Waals surface area contributed by atoms with Crippen LogP contribution in [0.25, 0.3) is 0 Å². The Morgan fingerprint density at radius 2 is 2.25 bits per heavy atom. The molecular formula is C16H23NO2S. The van der Waals surface area contributed by atoms with Gasteiger partial charge in [0.15, 0.2) is 0 Å². The van der Waals surface area contributed by atoms with Crippen molar-refractivity contribution in [3.05, 3.63) is 21.9 Å². The Hall–Kier alpha value is -0.870. The molecule has 3 nitrogen and oxygen atoms in total. The van der Waals surface area contributed by atoms with Crippen molar-refractivity contribution in [3.8, 4) is 0 Å². The van der Waals surface area contributed by atoms with E-state index < -0.39 is 11.4 Å². The SMILES string of the molecule is CC1CCC(CN2CCc3sccc3C2)(C(=O)O)CC1. The maximum Gasteiger partial charge on any atom is 0.310 e. The first kappa shape index (κ1) is 14.1. The molecule has 0 unspecified atom stereocenters. The van der Waals surface area contributed by atoms with Gasteiger partial charge in [0.05, 0.1) is 5.41 Å². The first-order valence-corrected chi connectivity index (χ1v) is 8.48. The summed E-state index contributed by atoms with van der Waals surface area (Å²) >= 11 is 1.84. The highest BCUT2D eigenvalue weighted by atomic mass is 32.1. The van der Waals surface area contributed by atoms with Gasteiger partial charge in [0, 0.05) is 24.5 Å². The topological polar surface area (TPSA) is 40.5 Å². The number of hydrogen-bond acceptors (Lipinski definition) is 3. The van der Waals surface area contributed by atoms with Crippen LogP contribution in [0.4, 0.5) is 0 Å². The summed E-state index contributed by atoms with van der Waals surface area (Å²) in [5.41, 5.74) is 0.908. The van der Waals surface area contributed by atoms with E-state index in [4.69, 9.17) is 0 Å². The Morgan fingerprint density at radius 1 is 1.50 bits per heavy atom. The van der Waals surface area contributed by atoms with Gasteiger partial charge in [-0.1, -0.05) is 6.92 Å². The minimum atomic E-state index is -0.583. The Morgan fingerprint density at radius 3 is 2.95 bits per heavy atom. The summed E-state index contributed by atoms with van der Waals surface area (Å²) in [6, 6.07) is 2.20. The number of thiophene rings is 1. The summed E-state index contributed by atoms with van der Waals surface area (Å²) in [7, 11) is 0. The van der Waals surface area contributed by atoms with Crippen molar-refractivity contribution >= 4 is 17.3 Å². The van der Waals surface area contributed by atoms with Crippen LogP contribution in [0.1, 0.15) is 43.0 Å². The quantitative estimate of drug-likeness (QED) is 0.928. The van der Waals surface area contributed by atoms with E-state index in [0.29, 0.717) is 5.92 Å². The predicted molar refractivity (Wildman–Crippen MR) is 81.0 cm³/mol. The molecule has 0 aromatic carbocycles. The molecule has 0 radical (unpaired) electrons. The Kier molecular flexibility index (Phi) is 3.87. The van der Waals surface area contributed by atoms with E-state index in [1.165, 1.54) is 10.4 Å². The fraction of sp³-hybridized carbons (Fsp3) is 0.688. The fourth-order valence-electron chi connectivity index (χ4n) is 3.62.